The van der Waals surface area contributed by atoms with Crippen LogP contribution in [-0.2, 0) is 0 Å². The van der Waals surface area contributed by atoms with Gasteiger partial charge in [0.05, 0.1) is 0 Å². The predicted molar refractivity (Wildman–Crippen MR) is 43.9 cm³/mol. The van der Waals surface area contributed by atoms with Gasteiger partial charge < -0.3 is 0 Å². The van der Waals surface area contributed by atoms with Gasteiger partial charge >= 0.3 is 0 Å². The number of alkyl halides is 1. The lowest BCUT2D eigenvalue weighted by Gasteiger charge is -2.28. The molecule has 2 rings (SSSR count). The zero-order valence-electron chi connectivity index (χ0n) is 6.37. The monoisotopic (exact) mass is 186 g/mol. The number of nitrogens with zero attached hydrogens (tertiary/aromatic N) is 2. The van der Waals surface area contributed by atoms with Gasteiger partial charge in [0.2, 0.25) is 5.28 Å². The Balaban J connectivity index is 2.13. The van der Waals surface area contributed by atoms with Crippen molar-refractivity contribution in [2.24, 2.45) is 0 Å². The van der Waals surface area contributed by atoms with E-state index in [9.17, 15) is 4.39 Å². The zero-order valence-corrected chi connectivity index (χ0v) is 7.13. The third-order valence-electron chi connectivity index (χ3n) is 2.15. The minimum atomic E-state index is -0.649. The lowest BCUT2D eigenvalue weighted by Crippen LogP contribution is -2.23. The summed E-state index contributed by atoms with van der Waals surface area (Å²) in [5, 5.41) is 0.245. The maximum absolute atomic E-state index is 12.5. The summed E-state index contributed by atoms with van der Waals surface area (Å²) in [4.78, 5) is 7.78. The summed E-state index contributed by atoms with van der Waals surface area (Å²) in [6.45, 7) is 0. The second kappa shape index (κ2) is 2.98. The minimum Gasteiger partial charge on any atom is -0.247 e. The molecular formula is C8H8ClFN2. The Kier molecular flexibility index (Phi) is 1.97. The van der Waals surface area contributed by atoms with Crippen LogP contribution in [0.2, 0.25) is 5.28 Å². The van der Waals surface area contributed by atoms with Crippen LogP contribution < -0.4 is 0 Å². The van der Waals surface area contributed by atoms with E-state index >= 15 is 0 Å². The highest BCUT2D eigenvalue weighted by Gasteiger charge is 2.31. The van der Waals surface area contributed by atoms with E-state index in [4.69, 9.17) is 11.6 Å². The molecule has 0 atom stereocenters. The van der Waals surface area contributed by atoms with Gasteiger partial charge in [0, 0.05) is 17.8 Å². The average Bonchev–Trinajstić information content (AvgIpc) is 1.99. The molecule has 1 aliphatic rings. The van der Waals surface area contributed by atoms with Crippen molar-refractivity contribution in [3.8, 4) is 0 Å². The molecule has 2 nitrogen and oxygen atoms in total. The summed E-state index contributed by atoms with van der Waals surface area (Å²) >= 11 is 5.59. The van der Waals surface area contributed by atoms with E-state index in [0.717, 1.165) is 5.69 Å². The molecule has 0 N–H and O–H groups in total. The molecule has 1 saturated carbocycles. The molecule has 1 aromatic rings. The maximum atomic E-state index is 12.5. The molecule has 1 fully saturated rings. The molecule has 0 bridgehead atoms. The molecule has 0 aliphatic heterocycles. The molecule has 0 amide bonds. The Labute approximate surface area is 74.8 Å². The van der Waals surface area contributed by atoms with E-state index in [2.05, 4.69) is 9.97 Å². The lowest BCUT2D eigenvalue weighted by atomic mass is 9.81. The Morgan fingerprint density at radius 2 is 2.25 bits per heavy atom. The van der Waals surface area contributed by atoms with Crippen molar-refractivity contribution in [3.63, 3.8) is 0 Å². The fourth-order valence-electron chi connectivity index (χ4n) is 1.37. The Morgan fingerprint density at radius 3 is 2.83 bits per heavy atom. The highest BCUT2D eigenvalue weighted by Crippen LogP contribution is 2.37. The van der Waals surface area contributed by atoms with Crippen LogP contribution in [0.15, 0.2) is 12.3 Å². The smallest absolute Gasteiger partial charge is 0.222 e. The number of aromatic nitrogens is 2. The summed E-state index contributed by atoms with van der Waals surface area (Å²) in [6.07, 6.45) is 2.11. The third kappa shape index (κ3) is 1.41. The van der Waals surface area contributed by atoms with Crippen molar-refractivity contribution in [1.29, 1.82) is 0 Å². The van der Waals surface area contributed by atoms with Gasteiger partial charge in [-0.3, -0.25) is 0 Å². The van der Waals surface area contributed by atoms with Crippen LogP contribution >= 0.6 is 11.6 Å². The molecule has 0 spiro atoms. The SMILES string of the molecule is FC1CC(c2ccnc(Cl)n2)C1. The summed E-state index contributed by atoms with van der Waals surface area (Å²) in [7, 11) is 0. The second-order valence-corrected chi connectivity index (χ2v) is 3.35. The molecule has 0 saturated heterocycles. The molecule has 1 heterocycles. The highest BCUT2D eigenvalue weighted by atomic mass is 35.5. The number of hydrogen-bond donors (Lipinski definition) is 0. The average molecular weight is 187 g/mol. The Hall–Kier alpha value is -0.700. The molecule has 0 unspecified atom stereocenters. The van der Waals surface area contributed by atoms with Crippen LogP contribution in [0.25, 0.3) is 0 Å². The molecule has 0 aromatic carbocycles. The Morgan fingerprint density at radius 1 is 1.50 bits per heavy atom. The normalized spacial score (nSPS) is 28.2. The first-order valence-corrected chi connectivity index (χ1v) is 4.26. The predicted octanol–water partition coefficient (Wildman–Crippen LogP) is 2.35. The summed E-state index contributed by atoms with van der Waals surface area (Å²) in [5.41, 5.74) is 0.865. The molecule has 1 aromatic heterocycles. The van der Waals surface area contributed by atoms with E-state index in [0.29, 0.717) is 12.8 Å². The maximum Gasteiger partial charge on any atom is 0.222 e. The molecule has 12 heavy (non-hydrogen) atoms. The van der Waals surface area contributed by atoms with Gasteiger partial charge in [-0.1, -0.05) is 0 Å². The topological polar surface area (TPSA) is 25.8 Å². The fourth-order valence-corrected chi connectivity index (χ4v) is 1.52. The molecule has 1 aliphatic carbocycles. The van der Waals surface area contributed by atoms with Crippen molar-refractivity contribution in [1.82, 2.24) is 9.97 Å². The molecular weight excluding hydrogens is 179 g/mol. The van der Waals surface area contributed by atoms with E-state index < -0.39 is 6.17 Å². The van der Waals surface area contributed by atoms with Crippen molar-refractivity contribution >= 4 is 11.6 Å². The van der Waals surface area contributed by atoms with E-state index in [1.54, 1.807) is 12.3 Å². The van der Waals surface area contributed by atoms with Crippen molar-refractivity contribution < 1.29 is 4.39 Å². The van der Waals surface area contributed by atoms with E-state index in [1.165, 1.54) is 0 Å². The molecule has 0 radical (unpaired) electrons. The van der Waals surface area contributed by atoms with Gasteiger partial charge in [-0.2, -0.15) is 0 Å². The molecule has 64 valence electrons. The van der Waals surface area contributed by atoms with Crippen LogP contribution in [0.4, 0.5) is 4.39 Å². The number of halogens is 2. The van der Waals surface area contributed by atoms with Gasteiger partial charge in [-0.25, -0.2) is 14.4 Å². The first-order valence-electron chi connectivity index (χ1n) is 3.88. The fraction of sp³-hybridized carbons (Fsp3) is 0.500. The number of rotatable bonds is 1. The van der Waals surface area contributed by atoms with Gasteiger partial charge in [0.15, 0.2) is 0 Å². The number of hydrogen-bond acceptors (Lipinski definition) is 2. The lowest BCUT2D eigenvalue weighted by molar-refractivity contribution is 0.176. The Bertz CT molecular complexity index is 286. The second-order valence-electron chi connectivity index (χ2n) is 3.02. The summed E-state index contributed by atoms with van der Waals surface area (Å²) < 4.78 is 12.5. The highest BCUT2D eigenvalue weighted by molar-refractivity contribution is 6.28. The van der Waals surface area contributed by atoms with Gasteiger partial charge in [-0.15, -0.1) is 0 Å². The van der Waals surface area contributed by atoms with Crippen molar-refractivity contribution in [3.05, 3.63) is 23.2 Å². The van der Waals surface area contributed by atoms with Crippen LogP contribution in [-0.4, -0.2) is 16.1 Å². The van der Waals surface area contributed by atoms with E-state index in [-0.39, 0.29) is 11.2 Å². The van der Waals surface area contributed by atoms with Gasteiger partial charge in [0.1, 0.15) is 6.17 Å². The minimum absolute atomic E-state index is 0.245. The van der Waals surface area contributed by atoms with Gasteiger partial charge in [-0.05, 0) is 30.5 Å². The summed E-state index contributed by atoms with van der Waals surface area (Å²) in [5.74, 6) is 0.250. The standard InChI is InChI=1S/C8H8ClFN2/c9-8-11-2-1-7(12-8)5-3-6(10)4-5/h1-2,5-6H,3-4H2. The third-order valence-corrected chi connectivity index (χ3v) is 2.33. The molecule has 4 heteroatoms. The largest absolute Gasteiger partial charge is 0.247 e. The van der Waals surface area contributed by atoms with Crippen molar-refractivity contribution in [2.75, 3.05) is 0 Å². The van der Waals surface area contributed by atoms with Gasteiger partial charge in [0.25, 0.3) is 0 Å². The first-order chi connectivity index (χ1) is 5.75. The van der Waals surface area contributed by atoms with E-state index in [1.807, 2.05) is 0 Å². The quantitative estimate of drug-likeness (QED) is 0.630. The van der Waals surface area contributed by atoms with Crippen LogP contribution in [0, 0.1) is 0 Å². The van der Waals surface area contributed by atoms with Crippen molar-refractivity contribution in [2.45, 2.75) is 24.9 Å². The zero-order chi connectivity index (χ0) is 8.55. The first kappa shape index (κ1) is 7.92. The van der Waals surface area contributed by atoms with Crippen LogP contribution in [0.3, 0.4) is 0 Å². The summed E-state index contributed by atoms with van der Waals surface area (Å²) in [6, 6.07) is 1.79. The van der Waals surface area contributed by atoms with Crippen LogP contribution in [0.1, 0.15) is 24.5 Å². The van der Waals surface area contributed by atoms with Crippen LogP contribution in [0.5, 0.6) is 0 Å².